The van der Waals surface area contributed by atoms with Crippen LogP contribution in [-0.4, -0.2) is 15.3 Å². The maximum Gasteiger partial charge on any atom is 0.220 e. The van der Waals surface area contributed by atoms with Crippen molar-refractivity contribution in [3.63, 3.8) is 0 Å². The standard InChI is InChI=1S/C13H16ClN3O/c1-2-3-4-13(18)15-7-11-9-17-8-10(14)5-6-12(17)16-11/h5-6,8-9H,2-4,7H2,1H3,(H,15,18). The van der Waals surface area contributed by atoms with Gasteiger partial charge in [0.1, 0.15) is 5.65 Å². The molecule has 0 aliphatic heterocycles. The minimum Gasteiger partial charge on any atom is -0.350 e. The molecule has 1 amide bonds. The van der Waals surface area contributed by atoms with Crippen molar-refractivity contribution in [3.05, 3.63) is 35.2 Å². The molecule has 2 heterocycles. The lowest BCUT2D eigenvalue weighted by atomic mass is 10.2. The molecule has 5 heteroatoms. The van der Waals surface area contributed by atoms with Crippen LogP contribution in [0.15, 0.2) is 24.5 Å². The van der Waals surface area contributed by atoms with Gasteiger partial charge in [0.25, 0.3) is 0 Å². The van der Waals surface area contributed by atoms with Crippen molar-refractivity contribution in [1.82, 2.24) is 14.7 Å². The van der Waals surface area contributed by atoms with Crippen molar-refractivity contribution >= 4 is 23.2 Å². The van der Waals surface area contributed by atoms with Crippen molar-refractivity contribution in [2.45, 2.75) is 32.7 Å². The minimum absolute atomic E-state index is 0.0759. The number of halogens is 1. The zero-order valence-electron chi connectivity index (χ0n) is 10.3. The van der Waals surface area contributed by atoms with Crippen LogP contribution in [0.5, 0.6) is 0 Å². The molecule has 0 aliphatic carbocycles. The summed E-state index contributed by atoms with van der Waals surface area (Å²) in [7, 11) is 0. The third-order valence-electron chi connectivity index (χ3n) is 2.69. The normalized spacial score (nSPS) is 10.8. The van der Waals surface area contributed by atoms with Crippen molar-refractivity contribution in [3.8, 4) is 0 Å². The zero-order chi connectivity index (χ0) is 13.0. The topological polar surface area (TPSA) is 46.4 Å². The number of nitrogens with zero attached hydrogens (tertiary/aromatic N) is 2. The number of imidazole rings is 1. The molecule has 0 spiro atoms. The summed E-state index contributed by atoms with van der Waals surface area (Å²) in [4.78, 5) is 15.9. The van der Waals surface area contributed by atoms with E-state index in [1.165, 1.54) is 0 Å². The Kier molecular flexibility index (Phi) is 4.20. The highest BCUT2D eigenvalue weighted by atomic mass is 35.5. The Morgan fingerprint density at radius 1 is 1.44 bits per heavy atom. The number of aromatic nitrogens is 2. The Morgan fingerprint density at radius 2 is 2.28 bits per heavy atom. The average molecular weight is 266 g/mol. The lowest BCUT2D eigenvalue weighted by molar-refractivity contribution is -0.121. The minimum atomic E-state index is 0.0759. The van der Waals surface area contributed by atoms with E-state index in [1.54, 1.807) is 12.3 Å². The molecule has 0 saturated carbocycles. The van der Waals surface area contributed by atoms with Gasteiger partial charge < -0.3 is 9.72 Å². The van der Waals surface area contributed by atoms with Gasteiger partial charge >= 0.3 is 0 Å². The van der Waals surface area contributed by atoms with E-state index >= 15 is 0 Å². The summed E-state index contributed by atoms with van der Waals surface area (Å²) in [6.07, 6.45) is 6.20. The van der Waals surface area contributed by atoms with Crippen LogP contribution in [-0.2, 0) is 11.3 Å². The molecule has 0 unspecified atom stereocenters. The van der Waals surface area contributed by atoms with Crippen LogP contribution in [0, 0.1) is 0 Å². The van der Waals surface area contributed by atoms with Gasteiger partial charge in [-0.2, -0.15) is 0 Å². The Hall–Kier alpha value is -1.55. The molecule has 0 saturated heterocycles. The second-order valence-corrected chi connectivity index (χ2v) is 4.66. The summed E-state index contributed by atoms with van der Waals surface area (Å²) in [5, 5.41) is 3.53. The zero-order valence-corrected chi connectivity index (χ0v) is 11.1. The maximum atomic E-state index is 11.5. The third kappa shape index (κ3) is 3.23. The van der Waals surface area contributed by atoms with Gasteiger partial charge in [-0.3, -0.25) is 4.79 Å². The monoisotopic (exact) mass is 265 g/mol. The van der Waals surface area contributed by atoms with Gasteiger partial charge in [0.2, 0.25) is 5.91 Å². The SMILES string of the molecule is CCCCC(=O)NCc1cn2cc(Cl)ccc2n1. The second kappa shape index (κ2) is 5.87. The highest BCUT2D eigenvalue weighted by Crippen LogP contribution is 2.11. The van der Waals surface area contributed by atoms with Crippen LogP contribution < -0.4 is 5.32 Å². The highest BCUT2D eigenvalue weighted by molar-refractivity contribution is 6.30. The fourth-order valence-corrected chi connectivity index (χ4v) is 1.89. The maximum absolute atomic E-state index is 11.5. The average Bonchev–Trinajstić information content (AvgIpc) is 2.75. The molecule has 4 nitrogen and oxygen atoms in total. The van der Waals surface area contributed by atoms with Crippen LogP contribution >= 0.6 is 11.6 Å². The molecule has 2 aromatic heterocycles. The summed E-state index contributed by atoms with van der Waals surface area (Å²) < 4.78 is 1.86. The number of carbonyl (C=O) groups is 1. The predicted octanol–water partition coefficient (Wildman–Crippen LogP) is 2.79. The van der Waals surface area contributed by atoms with Crippen molar-refractivity contribution in [1.29, 1.82) is 0 Å². The third-order valence-corrected chi connectivity index (χ3v) is 2.91. The van der Waals surface area contributed by atoms with E-state index in [0.717, 1.165) is 24.2 Å². The number of unbranched alkanes of at least 4 members (excludes halogenated alkanes) is 1. The van der Waals surface area contributed by atoms with E-state index in [2.05, 4.69) is 17.2 Å². The fraction of sp³-hybridized carbons (Fsp3) is 0.385. The number of hydrogen-bond donors (Lipinski definition) is 1. The van der Waals surface area contributed by atoms with Gasteiger partial charge in [0.05, 0.1) is 17.3 Å². The van der Waals surface area contributed by atoms with Gasteiger partial charge in [-0.05, 0) is 18.6 Å². The first-order chi connectivity index (χ1) is 8.69. The lowest BCUT2D eigenvalue weighted by Gasteiger charge is -2.01. The molecule has 0 aromatic carbocycles. The van der Waals surface area contributed by atoms with Gasteiger partial charge in [-0.15, -0.1) is 0 Å². The van der Waals surface area contributed by atoms with Crippen LogP contribution in [0.1, 0.15) is 31.9 Å². The summed E-state index contributed by atoms with van der Waals surface area (Å²) in [6, 6.07) is 3.65. The molecule has 2 aromatic rings. The number of pyridine rings is 1. The Bertz CT molecular complexity index is 550. The summed E-state index contributed by atoms with van der Waals surface area (Å²) in [6.45, 7) is 2.53. The first-order valence-corrected chi connectivity index (χ1v) is 6.46. The second-order valence-electron chi connectivity index (χ2n) is 4.23. The first kappa shape index (κ1) is 12.9. The molecule has 96 valence electrons. The number of hydrogen-bond acceptors (Lipinski definition) is 2. The molecule has 1 N–H and O–H groups in total. The molecule has 18 heavy (non-hydrogen) atoms. The summed E-state index contributed by atoms with van der Waals surface area (Å²) in [5.74, 6) is 0.0759. The lowest BCUT2D eigenvalue weighted by Crippen LogP contribution is -2.22. The molecular weight excluding hydrogens is 250 g/mol. The molecule has 0 radical (unpaired) electrons. The van der Waals surface area contributed by atoms with E-state index in [0.29, 0.717) is 18.0 Å². The van der Waals surface area contributed by atoms with Crippen molar-refractivity contribution in [2.75, 3.05) is 0 Å². The van der Waals surface area contributed by atoms with Gasteiger partial charge in [-0.1, -0.05) is 24.9 Å². The summed E-state index contributed by atoms with van der Waals surface area (Å²) >= 11 is 5.89. The van der Waals surface area contributed by atoms with E-state index in [1.807, 2.05) is 16.7 Å². The molecule has 0 atom stereocenters. The molecule has 2 rings (SSSR count). The van der Waals surface area contributed by atoms with Gasteiger partial charge in [0.15, 0.2) is 0 Å². The first-order valence-electron chi connectivity index (χ1n) is 6.09. The van der Waals surface area contributed by atoms with Gasteiger partial charge in [0, 0.05) is 18.8 Å². The van der Waals surface area contributed by atoms with E-state index < -0.39 is 0 Å². The number of rotatable bonds is 5. The Morgan fingerprint density at radius 3 is 3.06 bits per heavy atom. The van der Waals surface area contributed by atoms with Crippen LogP contribution in [0.4, 0.5) is 0 Å². The van der Waals surface area contributed by atoms with Crippen molar-refractivity contribution in [2.24, 2.45) is 0 Å². The highest BCUT2D eigenvalue weighted by Gasteiger charge is 2.04. The molecule has 0 fully saturated rings. The molecular formula is C13H16ClN3O. The van der Waals surface area contributed by atoms with Gasteiger partial charge in [-0.25, -0.2) is 4.98 Å². The Balaban J connectivity index is 1.97. The van der Waals surface area contributed by atoms with Crippen LogP contribution in [0.3, 0.4) is 0 Å². The quantitative estimate of drug-likeness (QED) is 0.904. The van der Waals surface area contributed by atoms with Crippen LogP contribution in [0.25, 0.3) is 5.65 Å². The fourth-order valence-electron chi connectivity index (χ4n) is 1.72. The smallest absolute Gasteiger partial charge is 0.220 e. The number of fused-ring (bicyclic) bond motifs is 1. The largest absolute Gasteiger partial charge is 0.350 e. The van der Waals surface area contributed by atoms with Crippen LogP contribution in [0.2, 0.25) is 5.02 Å². The number of nitrogens with one attached hydrogen (secondary N) is 1. The number of amides is 1. The predicted molar refractivity (Wildman–Crippen MR) is 71.6 cm³/mol. The van der Waals surface area contributed by atoms with Crippen molar-refractivity contribution < 1.29 is 4.79 Å². The number of carbonyl (C=O) groups excluding carboxylic acids is 1. The molecule has 0 aliphatic rings. The molecule has 0 bridgehead atoms. The Labute approximate surface area is 111 Å². The van der Waals surface area contributed by atoms with E-state index in [9.17, 15) is 4.79 Å². The van der Waals surface area contributed by atoms with E-state index in [4.69, 9.17) is 11.6 Å². The van der Waals surface area contributed by atoms with E-state index in [-0.39, 0.29) is 5.91 Å². The summed E-state index contributed by atoms with van der Waals surface area (Å²) in [5.41, 5.74) is 1.67.